The Morgan fingerprint density at radius 1 is 1.21 bits per heavy atom. The van der Waals surface area contributed by atoms with E-state index in [0.29, 0.717) is 28.3 Å². The van der Waals surface area contributed by atoms with E-state index in [9.17, 15) is 31.5 Å². The van der Waals surface area contributed by atoms with Crippen LogP contribution in [-0.4, -0.2) is 53.2 Å². The van der Waals surface area contributed by atoms with Crippen molar-refractivity contribution in [3.05, 3.63) is 83.8 Å². The first kappa shape index (κ1) is 28.9. The van der Waals surface area contributed by atoms with Crippen molar-refractivity contribution >= 4 is 16.2 Å². The maximum atomic E-state index is 12.8. The molecule has 0 aliphatic carbocycles. The summed E-state index contributed by atoms with van der Waals surface area (Å²) in [7, 11) is -2.75. The summed E-state index contributed by atoms with van der Waals surface area (Å²) in [4.78, 5) is 15.6. The molecular weight excluding hydrogens is 527 g/mol. The Morgan fingerprint density at radius 2 is 1.89 bits per heavy atom. The molecule has 204 valence electrons. The second kappa shape index (κ2) is 11.8. The number of rotatable bonds is 12. The molecule has 1 N–H and O–H groups in total. The first-order valence-corrected chi connectivity index (χ1v) is 12.6. The fraction of sp³-hybridized carbons (Fsp3) is 0.280. The Kier molecular flexibility index (Phi) is 8.97. The number of halogens is 3. The van der Waals surface area contributed by atoms with E-state index in [4.69, 9.17) is 9.15 Å². The number of hydrogen-bond acceptors (Lipinski definition) is 6. The van der Waals surface area contributed by atoms with Crippen LogP contribution in [0, 0.1) is 6.92 Å². The highest BCUT2D eigenvalue weighted by molar-refractivity contribution is 7.86. The number of oxazole rings is 1. The number of benzene rings is 2. The molecule has 0 fully saturated rings. The van der Waals surface area contributed by atoms with Crippen molar-refractivity contribution in [2.75, 3.05) is 20.1 Å². The van der Waals surface area contributed by atoms with E-state index in [-0.39, 0.29) is 25.6 Å². The first-order valence-electron chi connectivity index (χ1n) is 11.2. The molecule has 0 aliphatic rings. The predicted molar refractivity (Wildman–Crippen MR) is 132 cm³/mol. The second-order valence-corrected chi connectivity index (χ2v) is 10.3. The molecule has 0 spiro atoms. The molecule has 1 heterocycles. The lowest BCUT2D eigenvalue weighted by molar-refractivity contribution is -0.138. The van der Waals surface area contributed by atoms with Gasteiger partial charge in [0.25, 0.3) is 10.2 Å². The van der Waals surface area contributed by atoms with Crippen LogP contribution in [0.25, 0.3) is 11.5 Å². The van der Waals surface area contributed by atoms with Crippen molar-refractivity contribution in [1.82, 2.24) is 13.6 Å². The second-order valence-electron chi connectivity index (χ2n) is 8.27. The van der Waals surface area contributed by atoms with Gasteiger partial charge in [-0.05, 0) is 48.9 Å². The molecule has 0 radical (unpaired) electrons. The van der Waals surface area contributed by atoms with Crippen molar-refractivity contribution in [3.8, 4) is 17.2 Å². The molecule has 3 rings (SSSR count). The molecule has 0 bridgehead atoms. The van der Waals surface area contributed by atoms with Crippen LogP contribution in [0.1, 0.15) is 22.6 Å². The van der Waals surface area contributed by atoms with Gasteiger partial charge in [-0.3, -0.25) is 4.79 Å². The normalized spacial score (nSPS) is 12.2. The summed E-state index contributed by atoms with van der Waals surface area (Å²) in [5.74, 6) is -0.381. The van der Waals surface area contributed by atoms with Gasteiger partial charge in [0.15, 0.2) is 0 Å². The minimum atomic E-state index is -4.45. The highest BCUT2D eigenvalue weighted by atomic mass is 32.2. The summed E-state index contributed by atoms with van der Waals surface area (Å²) in [6.07, 6.45) is -3.06. The minimum absolute atomic E-state index is 0.00706. The van der Waals surface area contributed by atoms with Gasteiger partial charge >= 0.3 is 12.1 Å². The number of carboxylic acids is 1. The summed E-state index contributed by atoms with van der Waals surface area (Å²) in [5.41, 5.74) is 0.499. The van der Waals surface area contributed by atoms with Gasteiger partial charge in [0.2, 0.25) is 5.89 Å². The van der Waals surface area contributed by atoms with E-state index in [0.717, 1.165) is 20.7 Å². The van der Waals surface area contributed by atoms with Crippen molar-refractivity contribution in [1.29, 1.82) is 0 Å². The van der Waals surface area contributed by atoms with E-state index in [2.05, 4.69) is 11.6 Å². The molecule has 13 heteroatoms. The fourth-order valence-corrected chi connectivity index (χ4v) is 4.69. The van der Waals surface area contributed by atoms with Gasteiger partial charge in [0.1, 0.15) is 30.4 Å². The Hall–Kier alpha value is -3.68. The number of carboxylic acid groups (broad SMARTS) is 1. The van der Waals surface area contributed by atoms with Crippen LogP contribution in [0.3, 0.4) is 0 Å². The molecular formula is C25H26F3N3O6S. The summed E-state index contributed by atoms with van der Waals surface area (Å²) < 4.78 is 77.3. The van der Waals surface area contributed by atoms with Crippen LogP contribution in [0.5, 0.6) is 5.75 Å². The topological polar surface area (TPSA) is 113 Å². The van der Waals surface area contributed by atoms with Crippen molar-refractivity contribution in [2.24, 2.45) is 0 Å². The molecule has 1 aromatic heterocycles. The highest BCUT2D eigenvalue weighted by Crippen LogP contribution is 2.31. The number of ether oxygens (including phenoxy) is 1. The number of likely N-dealkylation sites (N-methyl/N-ethyl adjacent to an activating group) is 1. The highest BCUT2D eigenvalue weighted by Gasteiger charge is 2.30. The number of alkyl halides is 3. The van der Waals surface area contributed by atoms with Crippen molar-refractivity contribution in [3.63, 3.8) is 0 Å². The Labute approximate surface area is 218 Å². The SMILES string of the molecule is C=CCN(C)S(=O)(=O)N(CC(=O)O)Cc1cccc(OCc2nc(-c3ccc(C(F)(F)F)cc3)oc2C)c1. The number of nitrogens with zero attached hydrogens (tertiary/aromatic N) is 3. The lowest BCUT2D eigenvalue weighted by atomic mass is 10.1. The molecule has 0 saturated carbocycles. The summed E-state index contributed by atoms with van der Waals surface area (Å²) in [6, 6.07) is 10.9. The third kappa shape index (κ3) is 7.21. The van der Waals surface area contributed by atoms with Crippen LogP contribution in [-0.2, 0) is 34.3 Å². The third-order valence-corrected chi connectivity index (χ3v) is 7.25. The molecule has 3 aromatic rings. The molecule has 38 heavy (non-hydrogen) atoms. The molecule has 0 atom stereocenters. The molecule has 0 amide bonds. The van der Waals surface area contributed by atoms with Gasteiger partial charge in [-0.25, -0.2) is 4.98 Å². The molecule has 0 saturated heterocycles. The molecule has 2 aromatic carbocycles. The van der Waals surface area contributed by atoms with Crippen molar-refractivity contribution < 1.29 is 40.6 Å². The van der Waals surface area contributed by atoms with Gasteiger partial charge in [-0.15, -0.1) is 6.58 Å². The zero-order chi connectivity index (χ0) is 28.1. The first-order chi connectivity index (χ1) is 17.8. The summed E-state index contributed by atoms with van der Waals surface area (Å²) in [6.45, 7) is 4.17. The van der Waals surface area contributed by atoms with Crippen LogP contribution in [0.2, 0.25) is 0 Å². The average molecular weight is 554 g/mol. The zero-order valence-corrected chi connectivity index (χ0v) is 21.4. The standard InChI is InChI=1S/C25H26F3N3O6S/c1-4-12-30(3)38(34,35)31(15-23(32)33)14-18-6-5-7-21(13-18)36-16-22-17(2)37-24(29-22)19-8-10-20(11-9-19)25(26,27)28/h4-11,13H,1,12,14-16H2,2-3H3,(H,32,33). The molecule has 0 unspecified atom stereocenters. The van der Waals surface area contributed by atoms with E-state index < -0.39 is 34.5 Å². The Morgan fingerprint density at radius 3 is 2.50 bits per heavy atom. The number of aromatic nitrogens is 1. The summed E-state index contributed by atoms with van der Waals surface area (Å²) in [5, 5.41) is 9.23. The van der Waals surface area contributed by atoms with Gasteiger partial charge < -0.3 is 14.3 Å². The van der Waals surface area contributed by atoms with Gasteiger partial charge in [-0.2, -0.15) is 30.2 Å². The predicted octanol–water partition coefficient (Wildman–Crippen LogP) is 4.50. The van der Waals surface area contributed by atoms with Crippen LogP contribution < -0.4 is 4.74 Å². The number of aliphatic carboxylic acids is 1. The van der Waals surface area contributed by atoms with Gasteiger partial charge in [0.05, 0.1) is 5.56 Å². The van der Waals surface area contributed by atoms with Crippen molar-refractivity contribution in [2.45, 2.75) is 26.3 Å². The molecule has 9 nitrogen and oxygen atoms in total. The zero-order valence-electron chi connectivity index (χ0n) is 20.6. The van der Waals surface area contributed by atoms with E-state index in [1.807, 2.05) is 0 Å². The number of aryl methyl sites for hydroxylation is 1. The minimum Gasteiger partial charge on any atom is -0.487 e. The number of hydrogen-bond donors (Lipinski definition) is 1. The summed E-state index contributed by atoms with van der Waals surface area (Å²) >= 11 is 0. The Balaban J connectivity index is 1.73. The maximum Gasteiger partial charge on any atom is 0.416 e. The van der Waals surface area contributed by atoms with Gasteiger partial charge in [0, 0.05) is 25.7 Å². The smallest absolute Gasteiger partial charge is 0.416 e. The maximum absolute atomic E-state index is 12.8. The monoisotopic (exact) mass is 553 g/mol. The Bertz CT molecular complexity index is 1390. The number of carbonyl (C=O) groups is 1. The van der Waals surface area contributed by atoms with Gasteiger partial charge in [-0.1, -0.05) is 18.2 Å². The van der Waals surface area contributed by atoms with E-state index in [1.54, 1.807) is 31.2 Å². The van der Waals surface area contributed by atoms with Crippen LogP contribution >= 0.6 is 0 Å². The third-order valence-electron chi connectivity index (χ3n) is 5.40. The van der Waals surface area contributed by atoms with Crippen LogP contribution in [0.4, 0.5) is 13.2 Å². The van der Waals surface area contributed by atoms with E-state index in [1.165, 1.54) is 25.3 Å². The average Bonchev–Trinajstić information content (AvgIpc) is 3.22. The lowest BCUT2D eigenvalue weighted by Crippen LogP contribution is -2.43. The quantitative estimate of drug-likeness (QED) is 0.329. The molecule has 0 aliphatic heterocycles. The lowest BCUT2D eigenvalue weighted by Gasteiger charge is -2.25. The van der Waals surface area contributed by atoms with E-state index >= 15 is 0 Å². The largest absolute Gasteiger partial charge is 0.487 e. The fourth-order valence-electron chi connectivity index (χ4n) is 3.42. The van der Waals surface area contributed by atoms with Crippen LogP contribution in [0.15, 0.2) is 65.6 Å².